The molecule has 0 spiro atoms. The third-order valence-corrected chi connectivity index (χ3v) is 4.72. The van der Waals surface area contributed by atoms with Crippen LogP contribution in [0.15, 0.2) is 47.7 Å². The number of pyridine rings is 1. The van der Waals surface area contributed by atoms with Gasteiger partial charge in [-0.05, 0) is 24.3 Å². The molecule has 28 heavy (non-hydrogen) atoms. The number of nitrogens with zero attached hydrogens (tertiary/aromatic N) is 5. The molecule has 1 N–H and O–H groups in total. The third-order valence-electron chi connectivity index (χ3n) is 4.72. The molecule has 0 saturated heterocycles. The van der Waals surface area contributed by atoms with E-state index in [4.69, 9.17) is 4.99 Å². The maximum atomic E-state index is 4.85. The van der Waals surface area contributed by atoms with E-state index < -0.39 is 0 Å². The van der Waals surface area contributed by atoms with Gasteiger partial charge >= 0.3 is 0 Å². The number of guanidine groups is 1. The number of aromatic nitrogens is 3. The predicted octanol–water partition coefficient (Wildman–Crippen LogP) is 3.69. The maximum absolute atomic E-state index is 4.85. The first-order valence-electron chi connectivity index (χ1n) is 9.84. The standard InChI is InChI=1S/C22H30N6/c1-6-23-22(27(4)14-18-15-28(5)26-21(18)16(2)3)25-13-20-19-10-8-7-9-17(19)11-12-24-20/h7-12,15-16H,6,13-14H2,1-5H3,(H,23,25). The van der Waals surface area contributed by atoms with Gasteiger partial charge < -0.3 is 10.2 Å². The number of rotatable bonds is 6. The van der Waals surface area contributed by atoms with Gasteiger partial charge in [0.05, 0.1) is 17.9 Å². The average Bonchev–Trinajstić information content (AvgIpc) is 3.05. The summed E-state index contributed by atoms with van der Waals surface area (Å²) in [4.78, 5) is 11.6. The topological polar surface area (TPSA) is 58.3 Å². The Hall–Kier alpha value is -2.89. The van der Waals surface area contributed by atoms with E-state index in [0.29, 0.717) is 12.5 Å². The van der Waals surface area contributed by atoms with Gasteiger partial charge in [-0.25, -0.2) is 4.99 Å². The Morgan fingerprint density at radius 2 is 2.04 bits per heavy atom. The van der Waals surface area contributed by atoms with E-state index in [2.05, 4.69) is 66.4 Å². The minimum atomic E-state index is 0.393. The van der Waals surface area contributed by atoms with E-state index >= 15 is 0 Å². The predicted molar refractivity (Wildman–Crippen MR) is 115 cm³/mol. The van der Waals surface area contributed by atoms with Crippen molar-refractivity contribution in [2.75, 3.05) is 13.6 Å². The molecule has 0 aliphatic rings. The summed E-state index contributed by atoms with van der Waals surface area (Å²) in [5.41, 5.74) is 3.36. The van der Waals surface area contributed by atoms with Gasteiger partial charge in [0.1, 0.15) is 0 Å². The van der Waals surface area contributed by atoms with Crippen molar-refractivity contribution >= 4 is 16.7 Å². The number of fused-ring (bicyclic) bond motifs is 1. The second-order valence-electron chi connectivity index (χ2n) is 7.37. The van der Waals surface area contributed by atoms with E-state index in [-0.39, 0.29) is 0 Å². The van der Waals surface area contributed by atoms with Crippen LogP contribution in [0.4, 0.5) is 0 Å². The fourth-order valence-electron chi connectivity index (χ4n) is 3.42. The summed E-state index contributed by atoms with van der Waals surface area (Å²) in [5, 5.41) is 10.4. The van der Waals surface area contributed by atoms with Crippen LogP contribution in [0, 0.1) is 0 Å². The van der Waals surface area contributed by atoms with Gasteiger partial charge in [-0.2, -0.15) is 5.10 Å². The molecule has 0 atom stereocenters. The van der Waals surface area contributed by atoms with Gasteiger partial charge in [-0.3, -0.25) is 9.67 Å². The largest absolute Gasteiger partial charge is 0.357 e. The highest BCUT2D eigenvalue weighted by Crippen LogP contribution is 2.19. The molecule has 3 rings (SSSR count). The smallest absolute Gasteiger partial charge is 0.194 e. The zero-order valence-corrected chi connectivity index (χ0v) is 17.5. The maximum Gasteiger partial charge on any atom is 0.194 e. The second-order valence-corrected chi connectivity index (χ2v) is 7.37. The third kappa shape index (κ3) is 4.50. The van der Waals surface area contributed by atoms with Crippen LogP contribution in [0.1, 0.15) is 43.6 Å². The molecule has 0 unspecified atom stereocenters. The molecule has 6 nitrogen and oxygen atoms in total. The minimum Gasteiger partial charge on any atom is -0.357 e. The van der Waals surface area contributed by atoms with E-state index in [1.165, 1.54) is 10.9 Å². The van der Waals surface area contributed by atoms with Gasteiger partial charge in [0.2, 0.25) is 0 Å². The lowest BCUT2D eigenvalue weighted by atomic mass is 10.1. The fraction of sp³-hybridized carbons (Fsp3) is 0.409. The van der Waals surface area contributed by atoms with Crippen LogP contribution in [0.25, 0.3) is 10.8 Å². The Morgan fingerprint density at radius 3 is 2.79 bits per heavy atom. The molecular formula is C22H30N6. The van der Waals surface area contributed by atoms with Gasteiger partial charge in [0.25, 0.3) is 0 Å². The summed E-state index contributed by atoms with van der Waals surface area (Å²) in [5.74, 6) is 1.26. The van der Waals surface area contributed by atoms with Crippen LogP contribution >= 0.6 is 0 Å². The Morgan fingerprint density at radius 1 is 1.25 bits per heavy atom. The lowest BCUT2D eigenvalue weighted by Gasteiger charge is -2.22. The van der Waals surface area contributed by atoms with Crippen molar-refractivity contribution in [3.8, 4) is 0 Å². The summed E-state index contributed by atoms with van der Waals surface area (Å²) < 4.78 is 1.89. The SMILES string of the molecule is CCNC(=NCc1nccc2ccccc12)N(C)Cc1cn(C)nc1C(C)C. The molecule has 1 aromatic carbocycles. The van der Waals surface area contributed by atoms with Gasteiger partial charge in [-0.1, -0.05) is 38.1 Å². The second kappa shape index (κ2) is 8.87. The van der Waals surface area contributed by atoms with Gasteiger partial charge in [0, 0.05) is 50.5 Å². The van der Waals surface area contributed by atoms with Crippen molar-refractivity contribution in [1.82, 2.24) is 25.0 Å². The van der Waals surface area contributed by atoms with Crippen molar-refractivity contribution in [1.29, 1.82) is 0 Å². The first-order chi connectivity index (χ1) is 13.5. The lowest BCUT2D eigenvalue weighted by Crippen LogP contribution is -2.38. The molecular weight excluding hydrogens is 348 g/mol. The summed E-state index contributed by atoms with van der Waals surface area (Å²) in [6.45, 7) is 8.56. The molecule has 148 valence electrons. The number of aryl methyl sites for hydroxylation is 1. The average molecular weight is 379 g/mol. The first-order valence-corrected chi connectivity index (χ1v) is 9.84. The Labute approximate surface area is 167 Å². The molecule has 0 saturated carbocycles. The van der Waals surface area contributed by atoms with Crippen LogP contribution in [-0.2, 0) is 20.1 Å². The highest BCUT2D eigenvalue weighted by molar-refractivity contribution is 5.85. The number of nitrogens with one attached hydrogen (secondary N) is 1. The summed E-state index contributed by atoms with van der Waals surface area (Å²) in [7, 11) is 4.04. The quantitative estimate of drug-likeness (QED) is 0.525. The van der Waals surface area contributed by atoms with Crippen LogP contribution in [0.5, 0.6) is 0 Å². The number of hydrogen-bond acceptors (Lipinski definition) is 3. The van der Waals surface area contributed by atoms with Crippen molar-refractivity contribution in [3.05, 3.63) is 59.7 Å². The van der Waals surface area contributed by atoms with E-state index in [0.717, 1.165) is 35.8 Å². The van der Waals surface area contributed by atoms with Crippen LogP contribution < -0.4 is 5.32 Å². The highest BCUT2D eigenvalue weighted by Gasteiger charge is 2.15. The molecule has 0 aliphatic heterocycles. The number of hydrogen-bond donors (Lipinski definition) is 1. The van der Waals surface area contributed by atoms with Crippen LogP contribution in [0.2, 0.25) is 0 Å². The highest BCUT2D eigenvalue weighted by atomic mass is 15.3. The van der Waals surface area contributed by atoms with Crippen molar-refractivity contribution in [3.63, 3.8) is 0 Å². The molecule has 6 heteroatoms. The summed E-state index contributed by atoms with van der Waals surface area (Å²) in [6, 6.07) is 10.3. The molecule has 0 aliphatic carbocycles. The molecule has 2 heterocycles. The summed E-state index contributed by atoms with van der Waals surface area (Å²) in [6.07, 6.45) is 3.95. The van der Waals surface area contributed by atoms with Crippen LogP contribution in [-0.4, -0.2) is 39.2 Å². The normalized spacial score (nSPS) is 12.0. The fourth-order valence-corrected chi connectivity index (χ4v) is 3.42. The zero-order valence-electron chi connectivity index (χ0n) is 17.5. The molecule has 0 bridgehead atoms. The number of aliphatic imine (C=N–C) groups is 1. The molecule has 2 aromatic heterocycles. The monoisotopic (exact) mass is 378 g/mol. The number of benzene rings is 1. The Bertz CT molecular complexity index is 951. The minimum absolute atomic E-state index is 0.393. The van der Waals surface area contributed by atoms with Crippen molar-refractivity contribution in [2.24, 2.45) is 12.0 Å². The lowest BCUT2D eigenvalue weighted by molar-refractivity contribution is 0.473. The van der Waals surface area contributed by atoms with Gasteiger partial charge in [-0.15, -0.1) is 0 Å². The van der Waals surface area contributed by atoms with E-state index in [1.54, 1.807) is 0 Å². The molecule has 0 fully saturated rings. The molecule has 0 amide bonds. The van der Waals surface area contributed by atoms with Gasteiger partial charge in [0.15, 0.2) is 5.96 Å². The summed E-state index contributed by atoms with van der Waals surface area (Å²) >= 11 is 0. The Kier molecular flexibility index (Phi) is 6.29. The molecule has 0 radical (unpaired) electrons. The first kappa shape index (κ1) is 19.9. The Balaban J connectivity index is 1.82. The zero-order chi connectivity index (χ0) is 20.1. The van der Waals surface area contributed by atoms with Crippen molar-refractivity contribution < 1.29 is 0 Å². The van der Waals surface area contributed by atoms with Crippen molar-refractivity contribution in [2.45, 2.75) is 39.8 Å². The van der Waals surface area contributed by atoms with E-state index in [1.807, 2.05) is 36.1 Å². The van der Waals surface area contributed by atoms with E-state index in [9.17, 15) is 0 Å². The molecule has 3 aromatic rings. The van der Waals surface area contributed by atoms with Crippen LogP contribution in [0.3, 0.4) is 0 Å².